The quantitative estimate of drug-likeness (QED) is 0.642. The molecule has 0 radical (unpaired) electrons. The predicted octanol–water partition coefficient (Wildman–Crippen LogP) is 2.69. The third kappa shape index (κ3) is 3.20. The molecule has 4 rings (SSSR count). The molecule has 0 spiro atoms. The molecule has 0 saturated carbocycles. The molecule has 1 aromatic heterocycles. The van der Waals surface area contributed by atoms with Gasteiger partial charge in [0.05, 0.1) is 16.1 Å². The van der Waals surface area contributed by atoms with Crippen LogP contribution in [0.1, 0.15) is 21.8 Å². The van der Waals surface area contributed by atoms with Crippen LogP contribution >= 0.6 is 11.6 Å². The Morgan fingerprint density at radius 2 is 2.04 bits per heavy atom. The Labute approximate surface area is 159 Å². The number of hydrogen-bond acceptors (Lipinski definition) is 5. The van der Waals surface area contributed by atoms with Crippen molar-refractivity contribution in [3.05, 3.63) is 64.7 Å². The maximum absolute atomic E-state index is 14.5. The molecule has 6 nitrogen and oxygen atoms in total. The number of amides is 1. The lowest BCUT2D eigenvalue weighted by Crippen LogP contribution is -2.28. The van der Waals surface area contributed by atoms with Crippen molar-refractivity contribution in [2.75, 3.05) is 18.4 Å². The number of hydrogen-bond donors (Lipinski definition) is 3. The van der Waals surface area contributed by atoms with Gasteiger partial charge in [0.2, 0.25) is 0 Å². The molecule has 4 N–H and O–H groups in total. The molecule has 138 valence electrons. The highest BCUT2D eigenvalue weighted by Crippen LogP contribution is 2.31. The highest BCUT2D eigenvalue weighted by Gasteiger charge is 2.31. The van der Waals surface area contributed by atoms with E-state index in [2.05, 4.69) is 20.6 Å². The predicted molar refractivity (Wildman–Crippen MR) is 102 cm³/mol. The molecule has 1 fully saturated rings. The number of rotatable bonds is 4. The topological polar surface area (TPSA) is 92.9 Å². The molecule has 0 aliphatic carbocycles. The monoisotopic (exact) mass is 385 g/mol. The number of primary amides is 1. The van der Waals surface area contributed by atoms with Crippen LogP contribution in [0, 0.1) is 5.82 Å². The zero-order valence-electron chi connectivity index (χ0n) is 14.2. The summed E-state index contributed by atoms with van der Waals surface area (Å²) in [4.78, 5) is 20.2. The lowest BCUT2D eigenvalue weighted by Gasteiger charge is -2.22. The van der Waals surface area contributed by atoms with E-state index in [4.69, 9.17) is 17.3 Å². The van der Waals surface area contributed by atoms with Gasteiger partial charge in [0.1, 0.15) is 18.0 Å². The molecule has 1 amide bonds. The van der Waals surface area contributed by atoms with E-state index in [0.717, 1.165) is 0 Å². The maximum Gasteiger partial charge on any atom is 0.250 e. The minimum Gasteiger partial charge on any atom is -0.366 e. The van der Waals surface area contributed by atoms with E-state index in [1.807, 2.05) is 6.07 Å². The second-order valence-electron chi connectivity index (χ2n) is 6.45. The number of halogens is 2. The van der Waals surface area contributed by atoms with Crippen molar-refractivity contribution < 1.29 is 9.18 Å². The average molecular weight is 386 g/mol. The van der Waals surface area contributed by atoms with Crippen LogP contribution in [0.3, 0.4) is 0 Å². The Morgan fingerprint density at radius 3 is 2.85 bits per heavy atom. The Morgan fingerprint density at radius 1 is 1.22 bits per heavy atom. The van der Waals surface area contributed by atoms with Crippen molar-refractivity contribution in [2.45, 2.75) is 12.0 Å². The first kappa shape index (κ1) is 17.6. The summed E-state index contributed by atoms with van der Waals surface area (Å²) in [6.45, 7) is 1.25. The van der Waals surface area contributed by atoms with Crippen LogP contribution in [-0.4, -0.2) is 35.0 Å². The van der Waals surface area contributed by atoms with Gasteiger partial charge in [-0.05, 0) is 23.8 Å². The van der Waals surface area contributed by atoms with Gasteiger partial charge in [-0.3, -0.25) is 4.79 Å². The molecule has 0 bridgehead atoms. The van der Waals surface area contributed by atoms with E-state index in [1.54, 1.807) is 24.3 Å². The number of aromatic nitrogens is 2. The SMILES string of the molecule is NC(=O)c1cccc2c(N[C@@H]3CNC[C@H]3c3cccc(Cl)c3F)ncnc12. The number of fused-ring (bicyclic) bond motifs is 1. The van der Waals surface area contributed by atoms with Gasteiger partial charge >= 0.3 is 0 Å². The molecule has 2 heterocycles. The van der Waals surface area contributed by atoms with Gasteiger partial charge in [0.25, 0.3) is 5.91 Å². The first-order chi connectivity index (χ1) is 13.1. The molecular formula is C19H17ClFN5O. The number of nitrogens with two attached hydrogens (primary N) is 1. The highest BCUT2D eigenvalue weighted by atomic mass is 35.5. The van der Waals surface area contributed by atoms with Crippen LogP contribution in [0.25, 0.3) is 10.9 Å². The van der Waals surface area contributed by atoms with Crippen LogP contribution in [0.15, 0.2) is 42.7 Å². The molecule has 1 aliphatic heterocycles. The highest BCUT2D eigenvalue weighted by molar-refractivity contribution is 6.30. The first-order valence-corrected chi connectivity index (χ1v) is 8.88. The molecule has 3 aromatic rings. The Hall–Kier alpha value is -2.77. The second-order valence-corrected chi connectivity index (χ2v) is 6.85. The Balaban J connectivity index is 1.70. The van der Waals surface area contributed by atoms with Gasteiger partial charge < -0.3 is 16.4 Å². The normalized spacial score (nSPS) is 19.3. The van der Waals surface area contributed by atoms with Crippen LogP contribution in [0.4, 0.5) is 10.2 Å². The van der Waals surface area contributed by atoms with Crippen LogP contribution in [-0.2, 0) is 0 Å². The summed E-state index contributed by atoms with van der Waals surface area (Å²) in [6, 6.07) is 10.1. The number of nitrogens with zero attached hydrogens (tertiary/aromatic N) is 2. The van der Waals surface area contributed by atoms with Crippen molar-refractivity contribution in [3.8, 4) is 0 Å². The van der Waals surface area contributed by atoms with Crippen LogP contribution in [0.5, 0.6) is 0 Å². The number of carbonyl (C=O) groups is 1. The summed E-state index contributed by atoms with van der Waals surface area (Å²) in [7, 11) is 0. The smallest absolute Gasteiger partial charge is 0.250 e. The summed E-state index contributed by atoms with van der Waals surface area (Å²) < 4.78 is 14.5. The van der Waals surface area contributed by atoms with Gasteiger partial charge in [-0.2, -0.15) is 0 Å². The van der Waals surface area contributed by atoms with E-state index in [-0.39, 0.29) is 17.0 Å². The Bertz CT molecular complexity index is 1030. The van der Waals surface area contributed by atoms with Crippen molar-refractivity contribution in [1.29, 1.82) is 0 Å². The van der Waals surface area contributed by atoms with E-state index >= 15 is 0 Å². The van der Waals surface area contributed by atoms with Crippen LogP contribution < -0.4 is 16.4 Å². The summed E-state index contributed by atoms with van der Waals surface area (Å²) in [5, 5.41) is 7.44. The van der Waals surface area contributed by atoms with Gasteiger partial charge in [-0.15, -0.1) is 0 Å². The maximum atomic E-state index is 14.5. The van der Waals surface area contributed by atoms with Crippen molar-refractivity contribution in [3.63, 3.8) is 0 Å². The van der Waals surface area contributed by atoms with Gasteiger partial charge in [0.15, 0.2) is 0 Å². The van der Waals surface area contributed by atoms with E-state index in [9.17, 15) is 9.18 Å². The van der Waals surface area contributed by atoms with E-state index < -0.39 is 11.7 Å². The first-order valence-electron chi connectivity index (χ1n) is 8.51. The number of benzene rings is 2. The van der Waals surface area contributed by atoms with Gasteiger partial charge in [0, 0.05) is 30.4 Å². The van der Waals surface area contributed by atoms with E-state index in [0.29, 0.717) is 40.9 Å². The molecule has 8 heteroatoms. The van der Waals surface area contributed by atoms with Crippen molar-refractivity contribution >= 4 is 34.2 Å². The zero-order valence-corrected chi connectivity index (χ0v) is 15.0. The molecule has 0 unspecified atom stereocenters. The summed E-state index contributed by atoms with van der Waals surface area (Å²) in [5.41, 5.74) is 6.81. The summed E-state index contributed by atoms with van der Waals surface area (Å²) in [6.07, 6.45) is 1.38. The van der Waals surface area contributed by atoms with Crippen LogP contribution in [0.2, 0.25) is 5.02 Å². The standard InChI is InChI=1S/C19H17ClFN5O/c20-14-6-2-3-10(16(14)21)13-7-23-8-15(13)26-19-12-5-1-4-11(18(22)27)17(12)24-9-25-19/h1-6,9,13,15,23H,7-8H2,(H2,22,27)(H,24,25,26)/t13-,15+/m0/s1. The number of para-hydroxylation sites is 1. The molecule has 2 aromatic carbocycles. The Kier molecular flexibility index (Phi) is 4.63. The summed E-state index contributed by atoms with van der Waals surface area (Å²) >= 11 is 5.95. The van der Waals surface area contributed by atoms with Gasteiger partial charge in [-0.25, -0.2) is 14.4 Å². The molecule has 1 aliphatic rings. The minimum absolute atomic E-state index is 0.103. The molecule has 1 saturated heterocycles. The number of anilines is 1. The van der Waals surface area contributed by atoms with Gasteiger partial charge in [-0.1, -0.05) is 29.8 Å². The third-order valence-corrected chi connectivity index (χ3v) is 5.14. The fourth-order valence-electron chi connectivity index (χ4n) is 3.54. The molecule has 2 atom stereocenters. The molecular weight excluding hydrogens is 369 g/mol. The second kappa shape index (κ2) is 7.09. The molecule has 27 heavy (non-hydrogen) atoms. The minimum atomic E-state index is -0.549. The lowest BCUT2D eigenvalue weighted by atomic mass is 9.93. The van der Waals surface area contributed by atoms with Crippen molar-refractivity contribution in [2.24, 2.45) is 5.73 Å². The number of carbonyl (C=O) groups excluding carboxylic acids is 1. The average Bonchev–Trinajstić information content (AvgIpc) is 3.11. The lowest BCUT2D eigenvalue weighted by molar-refractivity contribution is 0.100. The largest absolute Gasteiger partial charge is 0.366 e. The fraction of sp³-hybridized carbons (Fsp3) is 0.211. The fourth-order valence-corrected chi connectivity index (χ4v) is 3.72. The summed E-state index contributed by atoms with van der Waals surface area (Å²) in [5.74, 6) is -0.493. The zero-order chi connectivity index (χ0) is 19.0. The van der Waals surface area contributed by atoms with Crippen molar-refractivity contribution in [1.82, 2.24) is 15.3 Å². The third-order valence-electron chi connectivity index (χ3n) is 4.85. The number of nitrogens with one attached hydrogen (secondary N) is 2. The van der Waals surface area contributed by atoms with E-state index in [1.165, 1.54) is 12.4 Å².